The number of carbonyl (C=O) groups excluding carboxylic acids is 1. The van der Waals surface area contributed by atoms with Crippen LogP contribution >= 0.6 is 0 Å². The minimum atomic E-state index is -0.101. The minimum absolute atomic E-state index is 0.101. The predicted molar refractivity (Wildman–Crippen MR) is 53.7 cm³/mol. The molecule has 0 bridgehead atoms. The molecule has 14 heavy (non-hydrogen) atoms. The normalized spacial score (nSPS) is 35.1. The van der Waals surface area contributed by atoms with E-state index in [2.05, 4.69) is 17.1 Å². The fraction of sp³-hybridized carbons (Fsp3) is 0.909. The van der Waals surface area contributed by atoms with Crippen LogP contribution in [0.1, 0.15) is 45.4 Å². The summed E-state index contributed by atoms with van der Waals surface area (Å²) in [5.41, 5.74) is -0.101. The summed E-state index contributed by atoms with van der Waals surface area (Å²) in [6.07, 6.45) is 7.24. The van der Waals surface area contributed by atoms with Crippen LogP contribution in [-0.2, 0) is 4.79 Å². The van der Waals surface area contributed by atoms with Gasteiger partial charge in [-0.1, -0.05) is 6.92 Å². The smallest absolute Gasteiger partial charge is 0.244 e. The molecule has 3 fully saturated rings. The van der Waals surface area contributed by atoms with Gasteiger partial charge >= 0.3 is 0 Å². The third-order valence-electron chi connectivity index (χ3n) is 4.03. The maximum atomic E-state index is 12.2. The molecule has 1 aliphatic heterocycles. The summed E-state index contributed by atoms with van der Waals surface area (Å²) < 4.78 is 0. The molecule has 0 radical (unpaired) electrons. The highest BCUT2D eigenvalue weighted by Crippen LogP contribution is 2.45. The second-order valence-electron chi connectivity index (χ2n) is 4.95. The second kappa shape index (κ2) is 2.72. The molecule has 2 aliphatic carbocycles. The fourth-order valence-electron chi connectivity index (χ4n) is 2.71. The molecule has 1 saturated heterocycles. The van der Waals surface area contributed by atoms with Crippen molar-refractivity contribution in [1.82, 2.24) is 10.2 Å². The van der Waals surface area contributed by atoms with E-state index in [0.29, 0.717) is 18.1 Å². The Kier molecular flexibility index (Phi) is 1.69. The Morgan fingerprint density at radius 2 is 2.21 bits per heavy atom. The zero-order chi connectivity index (χ0) is 9.76. The van der Waals surface area contributed by atoms with Crippen LogP contribution in [0.2, 0.25) is 0 Å². The lowest BCUT2D eigenvalue weighted by molar-refractivity contribution is -0.134. The first-order valence-electron chi connectivity index (χ1n) is 5.87. The van der Waals surface area contributed by atoms with Crippen LogP contribution in [0.3, 0.4) is 0 Å². The van der Waals surface area contributed by atoms with Crippen molar-refractivity contribution in [2.75, 3.05) is 0 Å². The summed E-state index contributed by atoms with van der Waals surface area (Å²) in [4.78, 5) is 14.3. The van der Waals surface area contributed by atoms with Gasteiger partial charge in [-0.2, -0.15) is 0 Å². The molecule has 1 amide bonds. The fourth-order valence-corrected chi connectivity index (χ4v) is 2.71. The molecule has 3 rings (SSSR count). The molecule has 0 aromatic carbocycles. The van der Waals surface area contributed by atoms with Gasteiger partial charge in [0.2, 0.25) is 5.91 Å². The van der Waals surface area contributed by atoms with Crippen molar-refractivity contribution in [2.45, 2.75) is 63.2 Å². The van der Waals surface area contributed by atoms with Crippen molar-refractivity contribution in [3.63, 3.8) is 0 Å². The van der Waals surface area contributed by atoms with Crippen molar-refractivity contribution < 1.29 is 4.79 Å². The van der Waals surface area contributed by atoms with Crippen LogP contribution in [0.25, 0.3) is 0 Å². The van der Waals surface area contributed by atoms with Gasteiger partial charge < -0.3 is 4.90 Å². The first kappa shape index (κ1) is 8.72. The van der Waals surface area contributed by atoms with Crippen LogP contribution in [0, 0.1) is 0 Å². The van der Waals surface area contributed by atoms with Gasteiger partial charge in [-0.3, -0.25) is 10.1 Å². The molecule has 1 atom stereocenters. The lowest BCUT2D eigenvalue weighted by Crippen LogP contribution is -2.47. The molecule has 3 aliphatic rings. The van der Waals surface area contributed by atoms with E-state index in [9.17, 15) is 4.79 Å². The maximum absolute atomic E-state index is 12.2. The van der Waals surface area contributed by atoms with Crippen LogP contribution in [0.4, 0.5) is 0 Å². The van der Waals surface area contributed by atoms with Crippen LogP contribution in [-0.4, -0.2) is 28.6 Å². The molecule has 1 N–H and O–H groups in total. The Labute approximate surface area is 84.8 Å². The molecule has 78 valence electrons. The van der Waals surface area contributed by atoms with Gasteiger partial charge in [-0.25, -0.2) is 0 Å². The molecule has 1 heterocycles. The van der Waals surface area contributed by atoms with E-state index in [0.717, 1.165) is 19.3 Å². The van der Waals surface area contributed by atoms with Crippen LogP contribution in [0.5, 0.6) is 0 Å². The third kappa shape index (κ3) is 0.991. The number of carbonyl (C=O) groups is 1. The quantitative estimate of drug-likeness (QED) is 0.717. The van der Waals surface area contributed by atoms with E-state index in [1.165, 1.54) is 19.3 Å². The summed E-state index contributed by atoms with van der Waals surface area (Å²) in [7, 11) is 0. The van der Waals surface area contributed by atoms with Crippen molar-refractivity contribution >= 4 is 5.91 Å². The first-order chi connectivity index (χ1) is 6.77. The second-order valence-corrected chi connectivity index (χ2v) is 4.95. The zero-order valence-corrected chi connectivity index (χ0v) is 8.75. The minimum Gasteiger partial charge on any atom is -0.323 e. The molecular weight excluding hydrogens is 176 g/mol. The van der Waals surface area contributed by atoms with Crippen molar-refractivity contribution in [3.8, 4) is 0 Å². The first-order valence-corrected chi connectivity index (χ1v) is 5.87. The standard InChI is InChI=1S/C11H18N2O/c1-2-9-12-11(6-7-11)10(14)13(9)8-4-3-5-8/h8-9,12H,2-7H2,1H3. The van der Waals surface area contributed by atoms with Gasteiger partial charge in [-0.05, 0) is 38.5 Å². The van der Waals surface area contributed by atoms with Gasteiger partial charge in [0, 0.05) is 6.04 Å². The van der Waals surface area contributed by atoms with E-state index in [4.69, 9.17) is 0 Å². The van der Waals surface area contributed by atoms with Gasteiger partial charge in [0.1, 0.15) is 0 Å². The zero-order valence-electron chi connectivity index (χ0n) is 8.75. The van der Waals surface area contributed by atoms with Gasteiger partial charge in [-0.15, -0.1) is 0 Å². The molecule has 3 nitrogen and oxygen atoms in total. The van der Waals surface area contributed by atoms with Crippen molar-refractivity contribution in [1.29, 1.82) is 0 Å². The van der Waals surface area contributed by atoms with E-state index in [-0.39, 0.29) is 5.54 Å². The van der Waals surface area contributed by atoms with Crippen LogP contribution < -0.4 is 5.32 Å². The van der Waals surface area contributed by atoms with E-state index >= 15 is 0 Å². The molecule has 1 unspecified atom stereocenters. The monoisotopic (exact) mass is 194 g/mol. The molecule has 3 heteroatoms. The molecule has 0 aromatic heterocycles. The number of amides is 1. The summed E-state index contributed by atoms with van der Waals surface area (Å²) in [6.45, 7) is 2.16. The Morgan fingerprint density at radius 3 is 2.64 bits per heavy atom. The summed E-state index contributed by atoms with van der Waals surface area (Å²) >= 11 is 0. The topological polar surface area (TPSA) is 32.3 Å². The molecule has 0 aromatic rings. The van der Waals surface area contributed by atoms with Gasteiger partial charge in [0.05, 0.1) is 11.7 Å². The predicted octanol–water partition coefficient (Wildman–Crippen LogP) is 1.24. The average molecular weight is 194 g/mol. The lowest BCUT2D eigenvalue weighted by atomic mass is 9.91. The average Bonchev–Trinajstić information content (AvgIpc) is 2.82. The highest BCUT2D eigenvalue weighted by Gasteiger charge is 2.60. The summed E-state index contributed by atoms with van der Waals surface area (Å²) in [5.74, 6) is 0.397. The Bertz CT molecular complexity index is 268. The lowest BCUT2D eigenvalue weighted by Gasteiger charge is -2.38. The summed E-state index contributed by atoms with van der Waals surface area (Å²) in [6, 6.07) is 0.555. The summed E-state index contributed by atoms with van der Waals surface area (Å²) in [5, 5.41) is 3.52. The molecular formula is C11H18N2O. The number of rotatable bonds is 2. The number of nitrogens with zero attached hydrogens (tertiary/aromatic N) is 1. The number of hydrogen-bond donors (Lipinski definition) is 1. The maximum Gasteiger partial charge on any atom is 0.244 e. The molecule has 1 spiro atoms. The Morgan fingerprint density at radius 1 is 1.50 bits per heavy atom. The van der Waals surface area contributed by atoms with E-state index < -0.39 is 0 Å². The van der Waals surface area contributed by atoms with Crippen molar-refractivity contribution in [3.05, 3.63) is 0 Å². The largest absolute Gasteiger partial charge is 0.323 e. The number of nitrogens with one attached hydrogen (secondary N) is 1. The third-order valence-corrected chi connectivity index (χ3v) is 4.03. The van der Waals surface area contributed by atoms with Gasteiger partial charge in [0.25, 0.3) is 0 Å². The highest BCUT2D eigenvalue weighted by atomic mass is 16.2. The van der Waals surface area contributed by atoms with Gasteiger partial charge in [0.15, 0.2) is 0 Å². The van der Waals surface area contributed by atoms with Crippen LogP contribution in [0.15, 0.2) is 0 Å². The number of hydrogen-bond acceptors (Lipinski definition) is 2. The highest BCUT2D eigenvalue weighted by molar-refractivity contribution is 5.92. The SMILES string of the molecule is CCC1NC2(CC2)C(=O)N1C1CCC1. The van der Waals surface area contributed by atoms with E-state index in [1.54, 1.807) is 0 Å². The molecule has 2 saturated carbocycles. The Balaban J connectivity index is 1.82. The Hall–Kier alpha value is -0.570. The van der Waals surface area contributed by atoms with Crippen molar-refractivity contribution in [2.24, 2.45) is 0 Å². The van der Waals surface area contributed by atoms with E-state index in [1.807, 2.05) is 0 Å².